The molecule has 1 amide bonds. The van der Waals surface area contributed by atoms with Gasteiger partial charge < -0.3 is 10.6 Å². The molecule has 0 bridgehead atoms. The number of rotatable bonds is 3. The van der Waals surface area contributed by atoms with Gasteiger partial charge in [-0.15, -0.1) is 0 Å². The van der Waals surface area contributed by atoms with Gasteiger partial charge in [0.2, 0.25) is 5.91 Å². The summed E-state index contributed by atoms with van der Waals surface area (Å²) in [5.41, 5.74) is 5.30. The number of carbonyl (C=O) groups is 1. The third-order valence-electron chi connectivity index (χ3n) is 3.15. The first-order valence-corrected chi connectivity index (χ1v) is 5.73. The Morgan fingerprint density at radius 1 is 1.35 bits per heavy atom. The molecule has 0 spiro atoms. The fourth-order valence-corrected chi connectivity index (χ4v) is 1.97. The van der Waals surface area contributed by atoms with E-state index < -0.39 is 0 Å². The summed E-state index contributed by atoms with van der Waals surface area (Å²) < 4.78 is 0. The van der Waals surface area contributed by atoms with Crippen LogP contribution in [0.3, 0.4) is 0 Å². The van der Waals surface area contributed by atoms with Crippen molar-refractivity contribution >= 4 is 11.7 Å². The topological polar surface area (TPSA) is 75.4 Å². The van der Waals surface area contributed by atoms with Crippen molar-refractivity contribution in [3.05, 3.63) is 18.6 Å². The molecule has 0 unspecified atom stereocenters. The molecule has 0 aromatic carbocycles. The Bertz CT molecular complexity index is 375. The van der Waals surface area contributed by atoms with Crippen molar-refractivity contribution in [1.82, 2.24) is 14.9 Å². The number of aromatic nitrogens is 2. The standard InChI is InChI=1S/C11H17N5O/c1-9(11(12)17)15-4-6-16(7-5-15)10-8-13-2-3-14-10/h2-3,8-9H,4-7H2,1H3,(H2,12,17)/t9-/m0/s1. The molecular formula is C11H17N5O. The second-order valence-electron chi connectivity index (χ2n) is 4.16. The van der Waals surface area contributed by atoms with Gasteiger partial charge in [0.25, 0.3) is 0 Å². The van der Waals surface area contributed by atoms with E-state index in [1.54, 1.807) is 18.6 Å². The average molecular weight is 235 g/mol. The summed E-state index contributed by atoms with van der Waals surface area (Å²) in [6.45, 7) is 5.17. The van der Waals surface area contributed by atoms with E-state index in [-0.39, 0.29) is 11.9 Å². The Kier molecular flexibility index (Phi) is 3.53. The van der Waals surface area contributed by atoms with Crippen molar-refractivity contribution in [3.63, 3.8) is 0 Å². The highest BCUT2D eigenvalue weighted by Gasteiger charge is 2.24. The predicted molar refractivity (Wildman–Crippen MR) is 64.5 cm³/mol. The number of nitrogens with two attached hydrogens (primary N) is 1. The number of hydrogen-bond donors (Lipinski definition) is 1. The van der Waals surface area contributed by atoms with Crippen LogP contribution in [-0.4, -0.2) is 53.0 Å². The molecule has 0 aliphatic carbocycles. The van der Waals surface area contributed by atoms with Crippen LogP contribution < -0.4 is 10.6 Å². The first-order valence-electron chi connectivity index (χ1n) is 5.73. The Morgan fingerprint density at radius 3 is 2.59 bits per heavy atom. The zero-order valence-electron chi connectivity index (χ0n) is 9.91. The van der Waals surface area contributed by atoms with Crippen molar-refractivity contribution in [2.75, 3.05) is 31.1 Å². The Labute approximate surface area is 100 Å². The van der Waals surface area contributed by atoms with Gasteiger partial charge in [-0.1, -0.05) is 0 Å². The maximum atomic E-state index is 11.1. The second kappa shape index (κ2) is 5.09. The van der Waals surface area contributed by atoms with Crippen molar-refractivity contribution in [1.29, 1.82) is 0 Å². The average Bonchev–Trinajstić information content (AvgIpc) is 2.39. The minimum absolute atomic E-state index is 0.195. The minimum Gasteiger partial charge on any atom is -0.368 e. The zero-order chi connectivity index (χ0) is 12.3. The molecule has 2 rings (SSSR count). The fraction of sp³-hybridized carbons (Fsp3) is 0.545. The Hall–Kier alpha value is -1.69. The lowest BCUT2D eigenvalue weighted by Gasteiger charge is -2.37. The number of piperazine rings is 1. The molecule has 0 radical (unpaired) electrons. The lowest BCUT2D eigenvalue weighted by atomic mass is 10.2. The molecule has 1 aromatic rings. The van der Waals surface area contributed by atoms with Crippen LogP contribution >= 0.6 is 0 Å². The summed E-state index contributed by atoms with van der Waals surface area (Å²) in [5.74, 6) is 0.622. The zero-order valence-corrected chi connectivity index (χ0v) is 9.91. The van der Waals surface area contributed by atoms with Crippen LogP contribution in [0.4, 0.5) is 5.82 Å². The van der Waals surface area contributed by atoms with Crippen LogP contribution in [0.5, 0.6) is 0 Å². The van der Waals surface area contributed by atoms with Crippen LogP contribution in [0.25, 0.3) is 0 Å². The SMILES string of the molecule is C[C@@H](C(N)=O)N1CCN(c2cnccn2)CC1. The summed E-state index contributed by atoms with van der Waals surface area (Å²) in [7, 11) is 0. The number of carbonyl (C=O) groups excluding carboxylic acids is 1. The van der Waals surface area contributed by atoms with E-state index in [1.165, 1.54) is 0 Å². The number of hydrogen-bond acceptors (Lipinski definition) is 5. The van der Waals surface area contributed by atoms with E-state index in [0.29, 0.717) is 0 Å². The van der Waals surface area contributed by atoms with Gasteiger partial charge in [0, 0.05) is 38.6 Å². The number of amides is 1. The molecule has 6 nitrogen and oxygen atoms in total. The van der Waals surface area contributed by atoms with Crippen LogP contribution in [0, 0.1) is 0 Å². The quantitative estimate of drug-likeness (QED) is 0.762. The highest BCUT2D eigenvalue weighted by Crippen LogP contribution is 2.12. The lowest BCUT2D eigenvalue weighted by Crippen LogP contribution is -2.53. The van der Waals surface area contributed by atoms with Gasteiger partial charge in [0.1, 0.15) is 5.82 Å². The van der Waals surface area contributed by atoms with Gasteiger partial charge in [-0.3, -0.25) is 14.7 Å². The van der Waals surface area contributed by atoms with E-state index >= 15 is 0 Å². The highest BCUT2D eigenvalue weighted by atomic mass is 16.1. The van der Waals surface area contributed by atoms with Crippen LogP contribution in [0.15, 0.2) is 18.6 Å². The minimum atomic E-state index is -0.266. The maximum Gasteiger partial charge on any atom is 0.234 e. The van der Waals surface area contributed by atoms with E-state index in [9.17, 15) is 4.79 Å². The Balaban J connectivity index is 1.93. The third-order valence-corrected chi connectivity index (χ3v) is 3.15. The van der Waals surface area contributed by atoms with E-state index in [4.69, 9.17) is 5.73 Å². The van der Waals surface area contributed by atoms with Gasteiger partial charge in [-0.2, -0.15) is 0 Å². The first-order chi connectivity index (χ1) is 8.18. The maximum absolute atomic E-state index is 11.1. The molecule has 1 aliphatic heterocycles. The summed E-state index contributed by atoms with van der Waals surface area (Å²) in [5, 5.41) is 0. The van der Waals surface area contributed by atoms with Crippen molar-refractivity contribution in [2.24, 2.45) is 5.73 Å². The third kappa shape index (κ3) is 2.71. The number of primary amides is 1. The normalized spacial score (nSPS) is 19.0. The fourth-order valence-electron chi connectivity index (χ4n) is 1.97. The smallest absolute Gasteiger partial charge is 0.234 e. The summed E-state index contributed by atoms with van der Waals surface area (Å²) in [4.78, 5) is 23.7. The molecule has 2 heterocycles. The Morgan fingerprint density at radius 2 is 2.06 bits per heavy atom. The van der Waals surface area contributed by atoms with E-state index in [2.05, 4.69) is 19.8 Å². The summed E-state index contributed by atoms with van der Waals surface area (Å²) in [6, 6.07) is -0.195. The largest absolute Gasteiger partial charge is 0.368 e. The van der Waals surface area contributed by atoms with Crippen LogP contribution in [-0.2, 0) is 4.79 Å². The van der Waals surface area contributed by atoms with Crippen LogP contribution in [0.1, 0.15) is 6.92 Å². The van der Waals surface area contributed by atoms with Gasteiger partial charge in [0.15, 0.2) is 0 Å². The summed E-state index contributed by atoms with van der Waals surface area (Å²) >= 11 is 0. The molecule has 17 heavy (non-hydrogen) atoms. The molecule has 1 aliphatic rings. The predicted octanol–water partition coefficient (Wildman–Crippen LogP) is -0.528. The molecule has 0 saturated carbocycles. The molecule has 1 aromatic heterocycles. The molecule has 1 atom stereocenters. The second-order valence-corrected chi connectivity index (χ2v) is 4.16. The monoisotopic (exact) mass is 235 g/mol. The molecule has 6 heteroatoms. The van der Waals surface area contributed by atoms with Crippen molar-refractivity contribution in [2.45, 2.75) is 13.0 Å². The van der Waals surface area contributed by atoms with Crippen LogP contribution in [0.2, 0.25) is 0 Å². The first kappa shape index (κ1) is 11.8. The lowest BCUT2D eigenvalue weighted by molar-refractivity contribution is -0.122. The molecule has 1 fully saturated rings. The van der Waals surface area contributed by atoms with Crippen molar-refractivity contribution < 1.29 is 4.79 Å². The molecule has 1 saturated heterocycles. The van der Waals surface area contributed by atoms with Gasteiger partial charge in [-0.05, 0) is 6.92 Å². The van der Waals surface area contributed by atoms with Gasteiger partial charge in [0.05, 0.1) is 12.2 Å². The molecular weight excluding hydrogens is 218 g/mol. The van der Waals surface area contributed by atoms with E-state index in [1.807, 2.05) is 6.92 Å². The number of nitrogens with zero attached hydrogens (tertiary/aromatic N) is 4. The van der Waals surface area contributed by atoms with E-state index in [0.717, 1.165) is 32.0 Å². The molecule has 2 N–H and O–H groups in total. The van der Waals surface area contributed by atoms with Crippen molar-refractivity contribution in [3.8, 4) is 0 Å². The van der Waals surface area contributed by atoms with Gasteiger partial charge >= 0.3 is 0 Å². The number of anilines is 1. The summed E-state index contributed by atoms with van der Waals surface area (Å²) in [6.07, 6.45) is 5.11. The highest BCUT2D eigenvalue weighted by molar-refractivity contribution is 5.79. The molecule has 92 valence electrons. The van der Waals surface area contributed by atoms with Gasteiger partial charge in [-0.25, -0.2) is 4.98 Å².